The summed E-state index contributed by atoms with van der Waals surface area (Å²) < 4.78 is 16.2. The Balaban J connectivity index is 1.69. The van der Waals surface area contributed by atoms with Crippen LogP contribution in [0.15, 0.2) is 59.6 Å². The summed E-state index contributed by atoms with van der Waals surface area (Å²) >= 11 is 0. The molecular weight excluding hydrogens is 290 g/mol. The van der Waals surface area contributed by atoms with Crippen molar-refractivity contribution in [3.8, 4) is 17.2 Å². The maximum atomic E-state index is 5.41. The van der Waals surface area contributed by atoms with Crippen molar-refractivity contribution in [2.24, 2.45) is 4.99 Å². The first-order valence-corrected chi connectivity index (χ1v) is 7.34. The Bertz CT molecular complexity index is 902. The summed E-state index contributed by atoms with van der Waals surface area (Å²) in [5, 5.41) is 2.37. The molecule has 1 aliphatic rings. The molecule has 0 N–H and O–H groups in total. The highest BCUT2D eigenvalue weighted by Gasteiger charge is 2.16. The van der Waals surface area contributed by atoms with Crippen LogP contribution in [0.4, 0.5) is 5.69 Å². The van der Waals surface area contributed by atoms with Crippen LogP contribution in [0.25, 0.3) is 10.8 Å². The zero-order chi connectivity index (χ0) is 15.6. The number of rotatable bonds is 3. The Morgan fingerprint density at radius 3 is 2.57 bits per heavy atom. The van der Waals surface area contributed by atoms with Crippen molar-refractivity contribution in [1.82, 2.24) is 0 Å². The SMILES string of the molecule is COc1cc2c(cc1C=Nc1ccc3ccccc3c1)OCO2. The number of fused-ring (bicyclic) bond motifs is 2. The molecule has 3 aromatic carbocycles. The third-order valence-corrected chi connectivity index (χ3v) is 3.81. The van der Waals surface area contributed by atoms with Gasteiger partial charge in [-0.1, -0.05) is 30.3 Å². The van der Waals surface area contributed by atoms with E-state index >= 15 is 0 Å². The molecule has 0 fully saturated rings. The second-order valence-corrected chi connectivity index (χ2v) is 5.24. The monoisotopic (exact) mass is 305 g/mol. The van der Waals surface area contributed by atoms with E-state index < -0.39 is 0 Å². The fourth-order valence-corrected chi connectivity index (χ4v) is 2.62. The molecule has 0 unspecified atom stereocenters. The van der Waals surface area contributed by atoms with Gasteiger partial charge in [0.05, 0.1) is 12.8 Å². The maximum absolute atomic E-state index is 5.41. The van der Waals surface area contributed by atoms with E-state index in [0.717, 1.165) is 11.3 Å². The van der Waals surface area contributed by atoms with E-state index in [1.807, 2.05) is 30.3 Å². The summed E-state index contributed by atoms with van der Waals surface area (Å²) in [6.07, 6.45) is 1.78. The first-order chi connectivity index (χ1) is 11.3. The first-order valence-electron chi connectivity index (χ1n) is 7.34. The van der Waals surface area contributed by atoms with Gasteiger partial charge in [-0.25, -0.2) is 0 Å². The topological polar surface area (TPSA) is 40.0 Å². The Labute approximate surface area is 133 Å². The zero-order valence-corrected chi connectivity index (χ0v) is 12.7. The Morgan fingerprint density at radius 1 is 0.957 bits per heavy atom. The molecule has 1 aliphatic heterocycles. The molecule has 0 aromatic heterocycles. The molecule has 114 valence electrons. The van der Waals surface area contributed by atoms with Crippen molar-refractivity contribution in [2.75, 3.05) is 13.9 Å². The molecule has 23 heavy (non-hydrogen) atoms. The fraction of sp³-hybridized carbons (Fsp3) is 0.105. The predicted octanol–water partition coefficient (Wildman–Crippen LogP) is 4.33. The minimum absolute atomic E-state index is 0.240. The van der Waals surface area contributed by atoms with Crippen LogP contribution in [-0.2, 0) is 0 Å². The van der Waals surface area contributed by atoms with Crippen molar-refractivity contribution >= 4 is 22.7 Å². The van der Waals surface area contributed by atoms with Crippen LogP contribution in [0.1, 0.15) is 5.56 Å². The van der Waals surface area contributed by atoms with Gasteiger partial charge in [-0.2, -0.15) is 0 Å². The fourth-order valence-electron chi connectivity index (χ4n) is 2.62. The molecule has 0 spiro atoms. The third-order valence-electron chi connectivity index (χ3n) is 3.81. The highest BCUT2D eigenvalue weighted by atomic mass is 16.7. The zero-order valence-electron chi connectivity index (χ0n) is 12.7. The lowest BCUT2D eigenvalue weighted by atomic mass is 10.1. The largest absolute Gasteiger partial charge is 0.496 e. The van der Waals surface area contributed by atoms with Crippen molar-refractivity contribution in [3.05, 3.63) is 60.2 Å². The molecule has 3 aromatic rings. The van der Waals surface area contributed by atoms with Crippen LogP contribution < -0.4 is 14.2 Å². The summed E-state index contributed by atoms with van der Waals surface area (Å²) in [6.45, 7) is 0.240. The van der Waals surface area contributed by atoms with E-state index in [1.54, 1.807) is 13.3 Å². The molecule has 4 rings (SSSR count). The van der Waals surface area contributed by atoms with Crippen molar-refractivity contribution in [1.29, 1.82) is 0 Å². The van der Waals surface area contributed by atoms with Crippen LogP contribution in [0, 0.1) is 0 Å². The lowest BCUT2D eigenvalue weighted by molar-refractivity contribution is 0.174. The summed E-state index contributed by atoms with van der Waals surface area (Å²) in [4.78, 5) is 4.56. The van der Waals surface area contributed by atoms with Crippen LogP contribution in [0.2, 0.25) is 0 Å². The highest BCUT2D eigenvalue weighted by Crippen LogP contribution is 2.37. The second kappa shape index (κ2) is 5.65. The van der Waals surface area contributed by atoms with Crippen LogP contribution in [-0.4, -0.2) is 20.1 Å². The van der Waals surface area contributed by atoms with E-state index in [1.165, 1.54) is 10.8 Å². The molecule has 0 radical (unpaired) electrons. The molecule has 0 bridgehead atoms. The molecule has 4 heteroatoms. The van der Waals surface area contributed by atoms with Gasteiger partial charge in [0.2, 0.25) is 6.79 Å². The van der Waals surface area contributed by atoms with Gasteiger partial charge in [-0.05, 0) is 29.0 Å². The van der Waals surface area contributed by atoms with Gasteiger partial charge >= 0.3 is 0 Å². The molecule has 0 saturated heterocycles. The van der Waals surface area contributed by atoms with Crippen LogP contribution in [0.5, 0.6) is 17.2 Å². The molecular formula is C19H15NO3. The van der Waals surface area contributed by atoms with E-state index in [2.05, 4.69) is 29.3 Å². The third kappa shape index (κ3) is 2.59. The van der Waals surface area contributed by atoms with E-state index in [4.69, 9.17) is 14.2 Å². The van der Waals surface area contributed by atoms with Crippen molar-refractivity contribution in [3.63, 3.8) is 0 Å². The maximum Gasteiger partial charge on any atom is 0.231 e. The van der Waals surface area contributed by atoms with E-state index in [0.29, 0.717) is 17.2 Å². The van der Waals surface area contributed by atoms with Gasteiger partial charge < -0.3 is 14.2 Å². The summed E-state index contributed by atoms with van der Waals surface area (Å²) in [5.74, 6) is 2.12. The van der Waals surface area contributed by atoms with Gasteiger partial charge in [0.1, 0.15) is 5.75 Å². The molecule has 0 saturated carbocycles. The van der Waals surface area contributed by atoms with Gasteiger partial charge in [0, 0.05) is 17.8 Å². The average Bonchev–Trinajstić information content (AvgIpc) is 3.06. The number of hydrogen-bond donors (Lipinski definition) is 0. The Kier molecular flexibility index (Phi) is 3.35. The quantitative estimate of drug-likeness (QED) is 0.676. The number of benzene rings is 3. The summed E-state index contributed by atoms with van der Waals surface area (Å²) in [5.41, 5.74) is 1.74. The van der Waals surface area contributed by atoms with E-state index in [-0.39, 0.29) is 6.79 Å². The van der Waals surface area contributed by atoms with Gasteiger partial charge in [-0.15, -0.1) is 0 Å². The number of hydrogen-bond acceptors (Lipinski definition) is 4. The molecule has 4 nitrogen and oxygen atoms in total. The molecule has 1 heterocycles. The smallest absolute Gasteiger partial charge is 0.231 e. The highest BCUT2D eigenvalue weighted by molar-refractivity contribution is 5.89. The summed E-state index contributed by atoms with van der Waals surface area (Å²) in [6, 6.07) is 18.1. The van der Waals surface area contributed by atoms with Gasteiger partial charge in [0.15, 0.2) is 11.5 Å². The van der Waals surface area contributed by atoms with Crippen molar-refractivity contribution in [2.45, 2.75) is 0 Å². The minimum Gasteiger partial charge on any atom is -0.496 e. The minimum atomic E-state index is 0.240. The van der Waals surface area contributed by atoms with Gasteiger partial charge in [-0.3, -0.25) is 4.99 Å². The standard InChI is InChI=1S/C19H15NO3/c1-21-17-10-19-18(22-12-23-19)9-15(17)11-20-16-7-6-13-4-2-3-5-14(13)8-16/h2-11H,12H2,1H3. The normalized spacial score (nSPS) is 12.9. The summed E-state index contributed by atoms with van der Waals surface area (Å²) in [7, 11) is 1.63. The molecule has 0 amide bonds. The van der Waals surface area contributed by atoms with Crippen LogP contribution in [0.3, 0.4) is 0 Å². The predicted molar refractivity (Wildman–Crippen MR) is 90.3 cm³/mol. The van der Waals surface area contributed by atoms with Crippen molar-refractivity contribution < 1.29 is 14.2 Å². The lowest BCUT2D eigenvalue weighted by Gasteiger charge is -2.06. The lowest BCUT2D eigenvalue weighted by Crippen LogP contribution is -1.92. The number of nitrogens with zero attached hydrogens (tertiary/aromatic N) is 1. The molecule has 0 atom stereocenters. The number of methoxy groups -OCH3 is 1. The van der Waals surface area contributed by atoms with Crippen LogP contribution >= 0.6 is 0 Å². The number of ether oxygens (including phenoxy) is 3. The molecule has 0 aliphatic carbocycles. The second-order valence-electron chi connectivity index (χ2n) is 5.24. The Hall–Kier alpha value is -3.01. The average molecular weight is 305 g/mol. The van der Waals surface area contributed by atoms with E-state index in [9.17, 15) is 0 Å². The van der Waals surface area contributed by atoms with Gasteiger partial charge in [0.25, 0.3) is 0 Å². The Morgan fingerprint density at radius 2 is 1.74 bits per heavy atom. The first kappa shape index (κ1) is 13.6. The number of aliphatic imine (C=N–C) groups is 1.